The largest absolute Gasteiger partial charge is 0.394 e. The van der Waals surface area contributed by atoms with Crippen molar-refractivity contribution in [2.24, 2.45) is 0 Å². The van der Waals surface area contributed by atoms with Gasteiger partial charge >= 0.3 is 6.03 Å². The van der Waals surface area contributed by atoms with E-state index in [1.54, 1.807) is 17.9 Å². The van der Waals surface area contributed by atoms with Gasteiger partial charge in [0, 0.05) is 19.2 Å². The summed E-state index contributed by atoms with van der Waals surface area (Å²) in [5.74, 6) is -0.308. The van der Waals surface area contributed by atoms with Gasteiger partial charge in [0.1, 0.15) is 5.82 Å². The minimum absolute atomic E-state index is 0.0417. The summed E-state index contributed by atoms with van der Waals surface area (Å²) >= 11 is 1.31. The first-order valence-electron chi connectivity index (χ1n) is 7.36. The zero-order chi connectivity index (χ0) is 16.8. The van der Waals surface area contributed by atoms with E-state index < -0.39 is 0 Å². The van der Waals surface area contributed by atoms with Crippen LogP contribution in [0.4, 0.5) is 14.3 Å². The maximum atomic E-state index is 13.5. The molecule has 0 aliphatic rings. The fraction of sp³-hybridized carbons (Fsp3) is 0.467. The highest BCUT2D eigenvalue weighted by molar-refractivity contribution is 7.22. The Morgan fingerprint density at radius 1 is 1.48 bits per heavy atom. The number of halogens is 1. The molecule has 0 atom stereocenters. The number of aryl methyl sites for hydroxylation is 1. The topological polar surface area (TPSA) is 74.7 Å². The molecule has 0 bridgehead atoms. The van der Waals surface area contributed by atoms with E-state index in [0.717, 1.165) is 4.70 Å². The average molecular weight is 341 g/mol. The molecule has 0 aliphatic carbocycles. The number of fused-ring (bicyclic) bond motifs is 1. The molecule has 1 aromatic heterocycles. The summed E-state index contributed by atoms with van der Waals surface area (Å²) in [6.45, 7) is 5.06. The van der Waals surface area contributed by atoms with Crippen LogP contribution in [0.1, 0.15) is 12.5 Å². The zero-order valence-corrected chi connectivity index (χ0v) is 14.0. The lowest BCUT2D eigenvalue weighted by Gasteiger charge is -2.20. The Morgan fingerprint density at radius 3 is 2.96 bits per heavy atom. The molecular weight excluding hydrogens is 321 g/mol. The second kappa shape index (κ2) is 8.19. The van der Waals surface area contributed by atoms with Crippen LogP contribution >= 0.6 is 11.3 Å². The first-order chi connectivity index (χ1) is 11.0. The fourth-order valence-electron chi connectivity index (χ4n) is 2.02. The maximum absolute atomic E-state index is 13.5. The van der Waals surface area contributed by atoms with Crippen LogP contribution < -0.4 is 5.32 Å². The van der Waals surface area contributed by atoms with Crippen LogP contribution in [-0.2, 0) is 4.74 Å². The number of hydrogen-bond acceptors (Lipinski definition) is 5. The van der Waals surface area contributed by atoms with Crippen LogP contribution in [0.2, 0.25) is 0 Å². The number of aromatic nitrogens is 1. The van der Waals surface area contributed by atoms with Gasteiger partial charge < -0.3 is 14.7 Å². The summed E-state index contributed by atoms with van der Waals surface area (Å²) in [4.78, 5) is 18.0. The van der Waals surface area contributed by atoms with Gasteiger partial charge in [0.05, 0.1) is 30.0 Å². The first-order valence-corrected chi connectivity index (χ1v) is 8.18. The Hall–Kier alpha value is -1.77. The number of carbonyl (C=O) groups is 1. The third-order valence-corrected chi connectivity index (χ3v) is 4.23. The molecule has 2 N–H and O–H groups in total. The van der Waals surface area contributed by atoms with Crippen molar-refractivity contribution in [3.8, 4) is 0 Å². The van der Waals surface area contributed by atoms with Gasteiger partial charge in [0.25, 0.3) is 0 Å². The first kappa shape index (κ1) is 17.6. The molecule has 0 saturated carbocycles. The van der Waals surface area contributed by atoms with Crippen molar-refractivity contribution >= 4 is 32.7 Å². The summed E-state index contributed by atoms with van der Waals surface area (Å²) < 4.78 is 19.5. The lowest BCUT2D eigenvalue weighted by Crippen LogP contribution is -2.37. The van der Waals surface area contributed by atoms with Gasteiger partial charge in [0.15, 0.2) is 5.13 Å². The lowest BCUT2D eigenvalue weighted by atomic mass is 10.2. The lowest BCUT2D eigenvalue weighted by molar-refractivity contribution is 0.0807. The summed E-state index contributed by atoms with van der Waals surface area (Å²) in [5.41, 5.74) is 1.08. The van der Waals surface area contributed by atoms with E-state index in [1.807, 2.05) is 6.92 Å². The van der Waals surface area contributed by atoms with E-state index in [2.05, 4.69) is 10.3 Å². The molecule has 0 spiro atoms. The molecule has 2 rings (SSSR count). The number of ether oxygens (including phenoxy) is 1. The van der Waals surface area contributed by atoms with Crippen LogP contribution in [0.3, 0.4) is 0 Å². The Balaban J connectivity index is 2.00. The predicted molar refractivity (Wildman–Crippen MR) is 88.5 cm³/mol. The number of nitrogens with one attached hydrogen (secondary N) is 1. The van der Waals surface area contributed by atoms with Crippen molar-refractivity contribution in [2.75, 3.05) is 38.2 Å². The predicted octanol–water partition coefficient (Wildman–Crippen LogP) is 2.61. The van der Waals surface area contributed by atoms with E-state index in [9.17, 15) is 9.18 Å². The van der Waals surface area contributed by atoms with Crippen molar-refractivity contribution in [3.63, 3.8) is 0 Å². The molecule has 23 heavy (non-hydrogen) atoms. The molecule has 126 valence electrons. The van der Waals surface area contributed by atoms with Crippen molar-refractivity contribution < 1.29 is 19.0 Å². The number of benzene rings is 1. The number of anilines is 1. The number of thiazole rings is 1. The standard InChI is InChI=1S/C15H20FN3O3S/c1-3-19(4-6-22-7-5-20)15(21)18-14-17-12-9-11(16)10(2)8-13(12)23-14/h8-9,20H,3-7H2,1-2H3,(H,17,18,21). The number of aliphatic hydroxyl groups is 1. The van der Waals surface area contributed by atoms with Gasteiger partial charge in [-0.3, -0.25) is 5.32 Å². The van der Waals surface area contributed by atoms with Gasteiger partial charge in [-0.25, -0.2) is 14.2 Å². The van der Waals surface area contributed by atoms with E-state index >= 15 is 0 Å². The molecule has 0 unspecified atom stereocenters. The molecule has 1 aromatic carbocycles. The Morgan fingerprint density at radius 2 is 2.26 bits per heavy atom. The molecule has 0 saturated heterocycles. The monoisotopic (exact) mass is 341 g/mol. The summed E-state index contributed by atoms with van der Waals surface area (Å²) in [7, 11) is 0. The Kier molecular flexibility index (Phi) is 6.26. The van der Waals surface area contributed by atoms with E-state index in [1.165, 1.54) is 17.4 Å². The van der Waals surface area contributed by atoms with Crippen LogP contribution in [0, 0.1) is 12.7 Å². The van der Waals surface area contributed by atoms with Gasteiger partial charge in [-0.05, 0) is 25.5 Å². The number of nitrogens with zero attached hydrogens (tertiary/aromatic N) is 2. The third kappa shape index (κ3) is 4.60. The number of rotatable bonds is 7. The SMILES string of the molecule is CCN(CCOCCO)C(=O)Nc1nc2cc(F)c(C)cc2s1. The minimum Gasteiger partial charge on any atom is -0.394 e. The van der Waals surface area contributed by atoms with Gasteiger partial charge in [-0.2, -0.15) is 0 Å². The molecule has 1 heterocycles. The van der Waals surface area contributed by atoms with Crippen molar-refractivity contribution in [1.29, 1.82) is 0 Å². The van der Waals surface area contributed by atoms with Gasteiger partial charge in [-0.1, -0.05) is 11.3 Å². The number of amides is 2. The Bertz CT molecular complexity index is 638. The fourth-order valence-corrected chi connectivity index (χ4v) is 2.95. The summed E-state index contributed by atoms with van der Waals surface area (Å²) in [6.07, 6.45) is 0. The molecule has 0 fully saturated rings. The second-order valence-corrected chi connectivity index (χ2v) is 5.96. The van der Waals surface area contributed by atoms with E-state index in [4.69, 9.17) is 9.84 Å². The third-order valence-electron chi connectivity index (χ3n) is 3.29. The molecule has 2 amide bonds. The Labute approximate surface area is 137 Å². The average Bonchev–Trinajstić information content (AvgIpc) is 2.88. The quantitative estimate of drug-likeness (QED) is 0.759. The summed E-state index contributed by atoms with van der Waals surface area (Å²) in [6, 6.07) is 2.81. The highest BCUT2D eigenvalue weighted by Crippen LogP contribution is 2.28. The molecular formula is C15H20FN3O3S. The van der Waals surface area contributed by atoms with Crippen LogP contribution in [0.15, 0.2) is 12.1 Å². The smallest absolute Gasteiger partial charge is 0.323 e. The number of urea groups is 1. The molecule has 0 radical (unpaired) electrons. The van der Waals surface area contributed by atoms with Crippen LogP contribution in [0.5, 0.6) is 0 Å². The minimum atomic E-state index is -0.308. The normalized spacial score (nSPS) is 11.0. The molecule has 6 nitrogen and oxygen atoms in total. The van der Waals surface area contributed by atoms with Gasteiger partial charge in [0.2, 0.25) is 0 Å². The van der Waals surface area contributed by atoms with Crippen molar-refractivity contribution in [1.82, 2.24) is 9.88 Å². The highest BCUT2D eigenvalue weighted by Gasteiger charge is 2.14. The molecule has 0 aliphatic heterocycles. The van der Waals surface area contributed by atoms with E-state index in [-0.39, 0.29) is 25.1 Å². The number of aliphatic hydroxyl groups excluding tert-OH is 1. The molecule has 8 heteroatoms. The zero-order valence-electron chi connectivity index (χ0n) is 13.1. The maximum Gasteiger partial charge on any atom is 0.323 e. The number of hydrogen-bond donors (Lipinski definition) is 2. The number of carbonyl (C=O) groups excluding carboxylic acids is 1. The number of likely N-dealkylation sites (N-methyl/N-ethyl adjacent to an activating group) is 1. The van der Waals surface area contributed by atoms with Crippen molar-refractivity contribution in [2.45, 2.75) is 13.8 Å². The van der Waals surface area contributed by atoms with Crippen molar-refractivity contribution in [3.05, 3.63) is 23.5 Å². The van der Waals surface area contributed by atoms with E-state index in [0.29, 0.717) is 35.9 Å². The molecule has 2 aromatic rings. The highest BCUT2D eigenvalue weighted by atomic mass is 32.1. The summed E-state index contributed by atoms with van der Waals surface area (Å²) in [5, 5.41) is 11.8. The van der Waals surface area contributed by atoms with Crippen LogP contribution in [0.25, 0.3) is 10.2 Å². The second-order valence-electron chi connectivity index (χ2n) is 4.93. The van der Waals surface area contributed by atoms with Crippen LogP contribution in [-0.4, -0.2) is 53.9 Å². The van der Waals surface area contributed by atoms with Gasteiger partial charge in [-0.15, -0.1) is 0 Å².